The predicted molar refractivity (Wildman–Crippen MR) is 402 cm³/mol. The Hall–Kier alpha value is -1.38. The van der Waals surface area contributed by atoms with Crippen molar-refractivity contribution in [2.24, 2.45) is 0 Å². The third-order valence-electron chi connectivity index (χ3n) is 12.2. The van der Waals surface area contributed by atoms with Gasteiger partial charge in [0.1, 0.15) is 13.2 Å². The summed E-state index contributed by atoms with van der Waals surface area (Å²) >= 11 is 11.9. The molecule has 2 fully saturated rings. The van der Waals surface area contributed by atoms with E-state index < -0.39 is 23.3 Å². The first-order valence-corrected chi connectivity index (χ1v) is 39.5. The molecule has 2 rings (SSSR count). The number of hydrogen-bond acceptors (Lipinski definition) is 20. The van der Waals surface area contributed by atoms with E-state index in [0.29, 0.717) is 62.4 Å². The van der Waals surface area contributed by atoms with Gasteiger partial charge in [-0.05, 0) is 170 Å². The molecule has 2 amide bonds. The van der Waals surface area contributed by atoms with Crippen LogP contribution in [0.3, 0.4) is 0 Å². The van der Waals surface area contributed by atoms with Crippen LogP contribution in [0.4, 0.5) is 0 Å². The van der Waals surface area contributed by atoms with Crippen LogP contribution in [-0.4, -0.2) is 179 Å². The summed E-state index contributed by atoms with van der Waals surface area (Å²) in [6, 6.07) is 0. The Kier molecular flexibility index (Phi) is 65.3. The summed E-state index contributed by atoms with van der Waals surface area (Å²) in [5.41, 5.74) is 0. The summed E-state index contributed by atoms with van der Waals surface area (Å²) in [5, 5.41) is 5.42. The van der Waals surface area contributed by atoms with Gasteiger partial charge in [0.05, 0.1) is 57.5 Å². The highest BCUT2D eigenvalue weighted by Gasteiger charge is 2.27. The number of nitrogens with one attached hydrogen (secondary N) is 2. The Bertz CT molecular complexity index is 1620. The summed E-state index contributed by atoms with van der Waals surface area (Å²) in [5.74, 6) is 4.05. The van der Waals surface area contributed by atoms with Gasteiger partial charge in [-0.15, -0.1) is 70.6 Å². The van der Waals surface area contributed by atoms with Gasteiger partial charge in [-0.3, -0.25) is 9.59 Å². The molecule has 2 N–H and O–H groups in total. The third-order valence-corrected chi connectivity index (χ3v) is 21.2. The van der Waals surface area contributed by atoms with Crippen molar-refractivity contribution in [1.82, 2.24) is 10.6 Å². The Morgan fingerprint density at radius 2 is 0.696 bits per heavy atom. The zero-order valence-corrected chi connectivity index (χ0v) is 66.0. The summed E-state index contributed by atoms with van der Waals surface area (Å²) < 4.78 is 54.1. The molecular weight excluding hydrogens is 1290 g/mol. The normalized spacial score (nSPS) is 14.2. The van der Waals surface area contributed by atoms with Crippen molar-refractivity contribution in [3.63, 3.8) is 0 Å². The number of esters is 2. The number of carbonyl (C=O) groups excluding carboxylic acids is 4. The molecule has 0 aliphatic carbocycles. The molecular formula is C70H134N2O14S6. The monoisotopic (exact) mass is 1420 g/mol. The van der Waals surface area contributed by atoms with Crippen molar-refractivity contribution < 1.29 is 66.5 Å². The molecule has 0 aromatic carbocycles. The van der Waals surface area contributed by atoms with E-state index in [9.17, 15) is 19.2 Å². The van der Waals surface area contributed by atoms with Crippen molar-refractivity contribution in [1.29, 1.82) is 0 Å². The van der Waals surface area contributed by atoms with Gasteiger partial charge in [0.2, 0.25) is 11.8 Å². The van der Waals surface area contributed by atoms with E-state index in [0.717, 1.165) is 89.0 Å². The smallest absolute Gasteiger partial charge is 0.330 e. The maximum Gasteiger partial charge on any atom is 0.330 e. The van der Waals surface area contributed by atoms with Crippen molar-refractivity contribution in [2.45, 2.75) is 256 Å². The molecule has 2 heterocycles. The molecule has 0 bridgehead atoms. The lowest BCUT2D eigenvalue weighted by atomic mass is 10.3. The van der Waals surface area contributed by atoms with E-state index in [1.54, 1.807) is 0 Å². The second kappa shape index (κ2) is 61.9. The fourth-order valence-corrected chi connectivity index (χ4v) is 13.9. The molecule has 0 aromatic heterocycles. The van der Waals surface area contributed by atoms with E-state index in [1.807, 2.05) is 88.6 Å². The number of carbonyl (C=O) groups is 4. The first kappa shape index (κ1) is 97.0. The highest BCUT2D eigenvalue weighted by Crippen LogP contribution is 2.39. The van der Waals surface area contributed by atoms with Gasteiger partial charge in [0.15, 0.2) is 17.4 Å². The first-order valence-electron chi connectivity index (χ1n) is 33.6. The van der Waals surface area contributed by atoms with Crippen molar-refractivity contribution in [2.75, 3.05) is 114 Å². The number of ether oxygens (including phenoxy) is 10. The van der Waals surface area contributed by atoms with Crippen LogP contribution >= 0.6 is 70.6 Å². The van der Waals surface area contributed by atoms with Crippen LogP contribution in [-0.2, 0) is 66.5 Å². The molecule has 2 unspecified atom stereocenters. The maximum absolute atomic E-state index is 10.9. The number of amides is 2. The molecule has 16 nitrogen and oxygen atoms in total. The average Bonchev–Trinajstić information content (AvgIpc) is 2.77. The van der Waals surface area contributed by atoms with Crippen molar-refractivity contribution in [3.05, 3.63) is 50.6 Å². The van der Waals surface area contributed by atoms with Gasteiger partial charge in [-0.2, -0.15) is 0 Å². The number of thioether (sulfide) groups is 6. The standard InChI is InChI=1S/C12H23NO3.C12H23NOS2.C12H22O4.C12H22O2S2.C11H22O3.C11H22OS2/c2*1-5-7-9-15-12(3,4)16-10-8-13-11(14)6-2;1-5-7-8-15-12(3,4)16-10-9-14-11(13)6-2;1-5-7-9-15-12(3,4)16-10-8-14-11(13)6-2;2*1-4-5-7-13-11(2,3)14-8-6-10-9-12-10/h2*6H,2,5,7-10H2,1,3-4H3,(H,13,14);2*6H,2,5,7-10H2,1,3-4H3;2*10H,4-9H2,1-3H3. The zero-order valence-electron chi connectivity index (χ0n) is 61.1. The van der Waals surface area contributed by atoms with E-state index in [-0.39, 0.29) is 32.5 Å². The lowest BCUT2D eigenvalue weighted by Gasteiger charge is -2.25. The minimum Gasteiger partial charge on any atom is -0.462 e. The van der Waals surface area contributed by atoms with Crippen LogP contribution in [0.2, 0.25) is 0 Å². The Morgan fingerprint density at radius 3 is 1.07 bits per heavy atom. The highest BCUT2D eigenvalue weighted by molar-refractivity contribution is 8.19. The molecule has 2 aliphatic heterocycles. The molecule has 544 valence electrons. The van der Waals surface area contributed by atoms with Gasteiger partial charge in [0, 0.05) is 56.6 Å². The summed E-state index contributed by atoms with van der Waals surface area (Å²) in [4.78, 5) is 43.2. The summed E-state index contributed by atoms with van der Waals surface area (Å²) in [6.45, 7) is 58.8. The molecule has 2 aliphatic rings. The molecule has 0 radical (unpaired) electrons. The number of epoxide rings is 2. The van der Waals surface area contributed by atoms with Crippen LogP contribution in [0.5, 0.6) is 0 Å². The van der Waals surface area contributed by atoms with Crippen LogP contribution in [0.1, 0.15) is 215 Å². The number of unbranched alkanes of at least 4 members (excludes halogenated alkanes) is 6. The van der Waals surface area contributed by atoms with Gasteiger partial charge < -0.3 is 58.0 Å². The lowest BCUT2D eigenvalue weighted by molar-refractivity contribution is -0.218. The van der Waals surface area contributed by atoms with E-state index in [1.165, 1.54) is 86.2 Å². The zero-order chi connectivity index (χ0) is 70.6. The fourth-order valence-electron chi connectivity index (χ4n) is 6.43. The lowest BCUT2D eigenvalue weighted by Crippen LogP contribution is -2.33. The Morgan fingerprint density at radius 1 is 0.380 bits per heavy atom. The quantitative estimate of drug-likeness (QED) is 0.0192. The Balaban J connectivity index is -0.000000505. The van der Waals surface area contributed by atoms with Crippen LogP contribution < -0.4 is 10.6 Å². The van der Waals surface area contributed by atoms with Crippen LogP contribution in [0, 0.1) is 0 Å². The van der Waals surface area contributed by atoms with Gasteiger partial charge in [0.25, 0.3) is 0 Å². The average molecular weight is 1420 g/mol. The second-order valence-corrected chi connectivity index (χ2v) is 35.0. The van der Waals surface area contributed by atoms with Crippen molar-refractivity contribution in [3.8, 4) is 0 Å². The highest BCUT2D eigenvalue weighted by atomic mass is 32.2. The van der Waals surface area contributed by atoms with Crippen molar-refractivity contribution >= 4 is 94.3 Å². The molecule has 2 atom stereocenters. The fraction of sp³-hybridized carbons (Fsp3) is 0.829. The van der Waals surface area contributed by atoms with E-state index >= 15 is 0 Å². The van der Waals surface area contributed by atoms with E-state index in [2.05, 4.69) is 144 Å². The van der Waals surface area contributed by atoms with Crippen LogP contribution in [0.25, 0.3) is 0 Å². The molecule has 0 aromatic rings. The minimum atomic E-state index is -0.629. The molecule has 2 saturated heterocycles. The second-order valence-electron chi connectivity index (χ2n) is 23.9. The third kappa shape index (κ3) is 76.0. The topological polar surface area (TPSA) is 191 Å². The Labute approximate surface area is 588 Å². The van der Waals surface area contributed by atoms with Crippen LogP contribution in [0.15, 0.2) is 50.6 Å². The van der Waals surface area contributed by atoms with Gasteiger partial charge in [-0.1, -0.05) is 106 Å². The number of rotatable bonds is 52. The predicted octanol–water partition coefficient (Wildman–Crippen LogP) is 17.3. The van der Waals surface area contributed by atoms with E-state index in [4.69, 9.17) is 47.4 Å². The first-order chi connectivity index (χ1) is 43.3. The molecule has 22 heteroatoms. The number of hydrogen-bond donors (Lipinski definition) is 2. The van der Waals surface area contributed by atoms with Gasteiger partial charge in [-0.25, -0.2) is 9.59 Å². The molecule has 0 spiro atoms. The SMILES string of the molecule is C=CC(=O)NCCOC(C)(C)OCCCC.C=CC(=O)NCCSC(C)(C)SCCCC.C=CC(=O)OCCOC(C)(C)OCCCC.C=CC(=O)OCCSC(C)(C)SCCCC.CCCCOC(C)(C)OCCC1CO1.CCCCSC(C)(C)SCCC1CO1. The molecule has 0 saturated carbocycles. The molecule has 92 heavy (non-hydrogen) atoms. The summed E-state index contributed by atoms with van der Waals surface area (Å²) in [6.07, 6.45) is 22.3. The van der Waals surface area contributed by atoms with Gasteiger partial charge >= 0.3 is 11.9 Å². The maximum atomic E-state index is 10.9. The summed E-state index contributed by atoms with van der Waals surface area (Å²) in [7, 11) is 0. The largest absolute Gasteiger partial charge is 0.462 e. The minimum absolute atomic E-state index is 0.0861.